The Morgan fingerprint density at radius 1 is 0.900 bits per heavy atom. The first-order chi connectivity index (χ1) is 28.9. The lowest BCUT2D eigenvalue weighted by Crippen LogP contribution is -2.52. The summed E-state index contributed by atoms with van der Waals surface area (Å²) in [5.41, 5.74) is 10.3. The number of amides is 3. The molecule has 0 unspecified atom stereocenters. The number of carbonyl (C=O) groups is 3. The number of fused-ring (bicyclic) bond motifs is 3. The number of ether oxygens (including phenoxy) is 3. The van der Waals surface area contributed by atoms with Gasteiger partial charge in [0.1, 0.15) is 11.5 Å². The van der Waals surface area contributed by atoms with E-state index in [-0.39, 0.29) is 54.8 Å². The zero-order valence-electron chi connectivity index (χ0n) is 34.7. The Bertz CT molecular complexity index is 2420. The average molecular weight is 825 g/mol. The monoisotopic (exact) mass is 824 g/mol. The van der Waals surface area contributed by atoms with Gasteiger partial charge in [-0.1, -0.05) is 73.7 Å². The second-order valence-electron chi connectivity index (χ2n) is 16.7. The first kappa shape index (κ1) is 40.8. The molecular formula is C48H52N4O7Si. The molecule has 4 N–H and O–H groups in total. The Hall–Kier alpha value is -5.95. The number of aliphatic hydroxyl groups excluding tert-OH is 1. The predicted octanol–water partition coefficient (Wildman–Crippen LogP) is 6.64. The summed E-state index contributed by atoms with van der Waals surface area (Å²) in [7, 11) is 0.672. The SMILES string of the molecule is COc1ccc([Si](C)(C)[C@@H]2[C@@H](CC(=O)N3Cc4ccccc4C[C@H]3CO)O[C@]3(C(=O)N(Cc4cccc(NC(=O)c5ccc(N)cc5)c4)c4ccc(OC)cc43)[C@H]2C)cc1. The molecule has 1 fully saturated rings. The first-order valence-corrected chi connectivity index (χ1v) is 23.5. The number of nitrogens with zero attached hydrogens (tertiary/aromatic N) is 2. The first-order valence-electron chi connectivity index (χ1n) is 20.4. The summed E-state index contributed by atoms with van der Waals surface area (Å²) >= 11 is 0. The van der Waals surface area contributed by atoms with Gasteiger partial charge < -0.3 is 40.2 Å². The van der Waals surface area contributed by atoms with Crippen molar-refractivity contribution in [2.24, 2.45) is 5.92 Å². The maximum absolute atomic E-state index is 15.5. The number of hydrogen-bond donors (Lipinski definition) is 3. The van der Waals surface area contributed by atoms with Crippen LogP contribution in [0, 0.1) is 5.92 Å². The number of anilines is 3. The molecule has 0 aromatic heterocycles. The standard InChI is InChI=1S/C48H52N4O7Si/c1-30-45(60(4,5)40-20-17-38(57-2)18-21-40)43(26-44(54)51-28-34-11-7-6-10-33(34)24-37(51)29-53)59-48(30)41-25-39(58-3)19-22-42(41)52(47(48)56)27-31-9-8-12-36(23-31)50-46(55)32-13-15-35(49)16-14-32/h6-23,25,30,37,43,45,53H,24,26-29,49H2,1-5H3,(H,50,55)/t30-,37-,43+,45-,48+/m0/s1. The fraction of sp³-hybridized carbons (Fsp3) is 0.312. The summed E-state index contributed by atoms with van der Waals surface area (Å²) in [4.78, 5) is 46.8. The third kappa shape index (κ3) is 7.22. The summed E-state index contributed by atoms with van der Waals surface area (Å²) in [6.07, 6.45) is -0.0144. The van der Waals surface area contributed by atoms with Crippen molar-refractivity contribution >= 4 is 48.0 Å². The van der Waals surface area contributed by atoms with E-state index < -0.39 is 19.8 Å². The predicted molar refractivity (Wildman–Crippen MR) is 235 cm³/mol. The van der Waals surface area contributed by atoms with Gasteiger partial charge in [-0.3, -0.25) is 14.4 Å². The van der Waals surface area contributed by atoms with Crippen LogP contribution in [0.1, 0.15) is 46.0 Å². The zero-order chi connectivity index (χ0) is 42.3. The maximum Gasteiger partial charge on any atom is 0.264 e. The van der Waals surface area contributed by atoms with E-state index >= 15 is 4.79 Å². The molecule has 8 rings (SSSR count). The molecule has 11 nitrogen and oxygen atoms in total. The van der Waals surface area contributed by atoms with Crippen LogP contribution in [0.15, 0.2) is 115 Å². The van der Waals surface area contributed by atoms with Gasteiger partial charge in [-0.2, -0.15) is 0 Å². The average Bonchev–Trinajstić information content (AvgIpc) is 3.68. The molecule has 3 aliphatic heterocycles. The molecule has 1 saturated heterocycles. The molecule has 5 aromatic rings. The number of rotatable bonds is 11. The number of aliphatic hydroxyl groups is 1. The molecular weight excluding hydrogens is 773 g/mol. The highest BCUT2D eigenvalue weighted by Crippen LogP contribution is 2.60. The lowest BCUT2D eigenvalue weighted by Gasteiger charge is -2.39. The summed E-state index contributed by atoms with van der Waals surface area (Å²) in [6.45, 7) is 7.12. The summed E-state index contributed by atoms with van der Waals surface area (Å²) in [5.74, 6) is 0.375. The normalized spacial score (nSPS) is 22.1. The van der Waals surface area contributed by atoms with Gasteiger partial charge in [0.15, 0.2) is 5.60 Å². The fourth-order valence-corrected chi connectivity index (χ4v) is 13.9. The van der Waals surface area contributed by atoms with Gasteiger partial charge in [-0.25, -0.2) is 0 Å². The van der Waals surface area contributed by atoms with Gasteiger partial charge in [0.05, 0.1) is 59.7 Å². The van der Waals surface area contributed by atoms with Gasteiger partial charge >= 0.3 is 0 Å². The molecule has 0 bridgehead atoms. The zero-order valence-corrected chi connectivity index (χ0v) is 35.7. The van der Waals surface area contributed by atoms with Gasteiger partial charge in [0.25, 0.3) is 11.8 Å². The number of nitrogens with two attached hydrogens (primary N) is 1. The van der Waals surface area contributed by atoms with Crippen molar-refractivity contribution in [1.29, 1.82) is 0 Å². The molecule has 5 atom stereocenters. The van der Waals surface area contributed by atoms with E-state index in [1.807, 2.05) is 72.8 Å². The van der Waals surface area contributed by atoms with E-state index in [0.717, 1.165) is 27.6 Å². The van der Waals surface area contributed by atoms with E-state index in [2.05, 4.69) is 43.5 Å². The molecule has 12 heteroatoms. The minimum atomic E-state index is -2.57. The van der Waals surface area contributed by atoms with Crippen LogP contribution in [0.5, 0.6) is 11.5 Å². The Morgan fingerprint density at radius 3 is 2.30 bits per heavy atom. The summed E-state index contributed by atoms with van der Waals surface area (Å²) in [6, 6.07) is 35.6. The van der Waals surface area contributed by atoms with Gasteiger partial charge in [0.2, 0.25) is 5.91 Å². The number of hydrogen-bond acceptors (Lipinski definition) is 8. The van der Waals surface area contributed by atoms with Gasteiger partial charge in [-0.05, 0) is 95.4 Å². The highest BCUT2D eigenvalue weighted by molar-refractivity contribution is 6.91. The lowest BCUT2D eigenvalue weighted by atomic mass is 9.82. The molecule has 0 aliphatic carbocycles. The molecule has 5 aromatic carbocycles. The Labute approximate surface area is 352 Å². The Kier molecular flexibility index (Phi) is 11.1. The van der Waals surface area contributed by atoms with Crippen molar-refractivity contribution in [3.8, 4) is 11.5 Å². The summed E-state index contributed by atoms with van der Waals surface area (Å²) < 4.78 is 18.6. The van der Waals surface area contributed by atoms with E-state index in [1.54, 1.807) is 48.3 Å². The van der Waals surface area contributed by atoms with E-state index in [9.17, 15) is 14.7 Å². The number of benzene rings is 5. The molecule has 3 aliphatic rings. The van der Waals surface area contributed by atoms with Crippen molar-refractivity contribution in [2.75, 3.05) is 36.8 Å². The summed E-state index contributed by atoms with van der Waals surface area (Å²) in [5, 5.41) is 14.7. The molecule has 0 radical (unpaired) electrons. The number of carbonyl (C=O) groups excluding carboxylic acids is 3. The van der Waals surface area contributed by atoms with Crippen LogP contribution in [0.3, 0.4) is 0 Å². The van der Waals surface area contributed by atoms with Crippen LogP contribution in [0.2, 0.25) is 18.6 Å². The minimum Gasteiger partial charge on any atom is -0.497 e. The third-order valence-electron chi connectivity index (χ3n) is 13.0. The number of nitrogens with one attached hydrogen (secondary N) is 1. The van der Waals surface area contributed by atoms with Crippen molar-refractivity contribution in [2.45, 2.75) is 69.2 Å². The molecule has 310 valence electrons. The second kappa shape index (κ2) is 16.2. The lowest BCUT2D eigenvalue weighted by molar-refractivity contribution is -0.151. The van der Waals surface area contributed by atoms with Crippen LogP contribution >= 0.6 is 0 Å². The molecule has 3 heterocycles. The molecule has 1 spiro atoms. The highest BCUT2D eigenvalue weighted by Gasteiger charge is 2.66. The molecule has 3 amide bonds. The van der Waals surface area contributed by atoms with Crippen molar-refractivity contribution in [1.82, 2.24) is 4.90 Å². The molecule has 0 saturated carbocycles. The van der Waals surface area contributed by atoms with Crippen LogP contribution in [-0.4, -0.2) is 68.8 Å². The van der Waals surface area contributed by atoms with E-state index in [4.69, 9.17) is 19.9 Å². The van der Waals surface area contributed by atoms with Gasteiger partial charge in [0, 0.05) is 35.0 Å². The van der Waals surface area contributed by atoms with Crippen LogP contribution < -0.4 is 30.6 Å². The van der Waals surface area contributed by atoms with Crippen molar-refractivity contribution in [3.63, 3.8) is 0 Å². The largest absolute Gasteiger partial charge is 0.497 e. The smallest absolute Gasteiger partial charge is 0.264 e. The second-order valence-corrected chi connectivity index (χ2v) is 21.4. The highest BCUT2D eigenvalue weighted by atomic mass is 28.3. The Morgan fingerprint density at radius 2 is 1.60 bits per heavy atom. The van der Waals surface area contributed by atoms with Crippen LogP contribution in [-0.2, 0) is 39.4 Å². The quantitative estimate of drug-likeness (QED) is 0.0995. The van der Waals surface area contributed by atoms with Crippen molar-refractivity contribution < 1.29 is 33.7 Å². The Balaban J connectivity index is 1.16. The molecule has 60 heavy (non-hydrogen) atoms. The van der Waals surface area contributed by atoms with Crippen LogP contribution in [0.25, 0.3) is 0 Å². The maximum atomic E-state index is 15.5. The number of methoxy groups -OCH3 is 2. The van der Waals surface area contributed by atoms with Crippen molar-refractivity contribution in [3.05, 3.63) is 143 Å². The number of nitrogen functional groups attached to an aromatic ring is 1. The van der Waals surface area contributed by atoms with E-state index in [0.29, 0.717) is 46.9 Å². The van der Waals surface area contributed by atoms with E-state index in [1.165, 1.54) is 0 Å². The van der Waals surface area contributed by atoms with Gasteiger partial charge in [-0.15, -0.1) is 0 Å². The third-order valence-corrected chi connectivity index (χ3v) is 17.4. The minimum absolute atomic E-state index is 0.0460. The fourth-order valence-electron chi connectivity index (χ4n) is 9.88. The van der Waals surface area contributed by atoms with Crippen LogP contribution in [0.4, 0.5) is 17.1 Å². The topological polar surface area (TPSA) is 144 Å².